The first-order valence-corrected chi connectivity index (χ1v) is 7.50. The fourth-order valence-electron chi connectivity index (χ4n) is 2.27. The maximum absolute atomic E-state index is 9.03. The number of hydrogen-bond donors (Lipinski definition) is 2. The highest BCUT2D eigenvalue weighted by atomic mass is 32.1. The summed E-state index contributed by atoms with van der Waals surface area (Å²) >= 11 is 4.79. The van der Waals surface area contributed by atoms with E-state index in [2.05, 4.69) is 53.7 Å². The molecule has 0 aliphatic rings. The van der Waals surface area contributed by atoms with Gasteiger partial charge in [-0.05, 0) is 40.4 Å². The molecular formula is C17H28OS. The molecule has 0 heterocycles. The number of aliphatic hydroxyl groups is 1. The second-order valence-electron chi connectivity index (χ2n) is 7.37. The lowest BCUT2D eigenvalue weighted by Gasteiger charge is -2.29. The fraction of sp³-hybridized carbons (Fsp3) is 0.647. The molecule has 108 valence electrons. The van der Waals surface area contributed by atoms with Gasteiger partial charge in [-0.1, -0.05) is 53.7 Å². The van der Waals surface area contributed by atoms with Gasteiger partial charge in [0, 0.05) is 11.5 Å². The average molecular weight is 280 g/mol. The van der Waals surface area contributed by atoms with Crippen molar-refractivity contribution in [2.45, 2.75) is 70.1 Å². The Kier molecular flexibility index (Phi) is 5.14. The maximum Gasteiger partial charge on any atom is 0.0434 e. The first-order valence-electron chi connectivity index (χ1n) is 7.05. The van der Waals surface area contributed by atoms with E-state index in [0.717, 1.165) is 17.7 Å². The average Bonchev–Trinajstić information content (AvgIpc) is 2.24. The number of thiol groups is 1. The van der Waals surface area contributed by atoms with Crippen LogP contribution < -0.4 is 0 Å². The lowest BCUT2D eigenvalue weighted by molar-refractivity contribution is 0.288. The smallest absolute Gasteiger partial charge is 0.0434 e. The van der Waals surface area contributed by atoms with Gasteiger partial charge >= 0.3 is 0 Å². The highest BCUT2D eigenvalue weighted by molar-refractivity contribution is 7.80. The summed E-state index contributed by atoms with van der Waals surface area (Å²) in [6, 6.07) is 4.51. The Bertz CT molecular complexity index is 401. The molecule has 0 bridgehead atoms. The molecule has 1 N–H and O–H groups in total. The van der Waals surface area contributed by atoms with E-state index in [4.69, 9.17) is 17.7 Å². The number of rotatable bonds is 3. The van der Waals surface area contributed by atoms with E-state index in [1.165, 1.54) is 16.7 Å². The third kappa shape index (κ3) is 4.25. The van der Waals surface area contributed by atoms with E-state index in [0.29, 0.717) is 0 Å². The Morgan fingerprint density at radius 3 is 1.68 bits per heavy atom. The molecule has 0 aliphatic carbocycles. The molecule has 1 nitrogen and oxygen atoms in total. The van der Waals surface area contributed by atoms with Crippen molar-refractivity contribution in [2.24, 2.45) is 0 Å². The minimum atomic E-state index is 0.0896. The normalized spacial score (nSPS) is 12.8. The Morgan fingerprint density at radius 1 is 0.947 bits per heavy atom. The molecular weight excluding hydrogens is 252 g/mol. The van der Waals surface area contributed by atoms with E-state index in [9.17, 15) is 0 Å². The van der Waals surface area contributed by atoms with Crippen LogP contribution in [0.1, 0.15) is 64.7 Å². The minimum absolute atomic E-state index is 0.0896. The summed E-state index contributed by atoms with van der Waals surface area (Å²) in [6.07, 6.45) is 1.75. The van der Waals surface area contributed by atoms with Gasteiger partial charge in [-0.25, -0.2) is 0 Å². The van der Waals surface area contributed by atoms with Crippen LogP contribution in [0.15, 0.2) is 17.0 Å². The van der Waals surface area contributed by atoms with Crippen LogP contribution in [0, 0.1) is 0 Å². The second-order valence-corrected chi connectivity index (χ2v) is 7.81. The number of aliphatic hydroxyl groups excluding tert-OH is 1. The Morgan fingerprint density at radius 2 is 1.37 bits per heavy atom. The van der Waals surface area contributed by atoms with Crippen LogP contribution >= 0.6 is 12.6 Å². The van der Waals surface area contributed by atoms with Crippen molar-refractivity contribution in [1.29, 1.82) is 0 Å². The molecule has 0 saturated carbocycles. The molecule has 0 amide bonds. The molecule has 1 aromatic carbocycles. The van der Waals surface area contributed by atoms with Crippen LogP contribution in [-0.4, -0.2) is 11.7 Å². The molecule has 0 unspecified atom stereocenters. The predicted octanol–water partition coefficient (Wildman–Crippen LogP) is 4.50. The third-order valence-corrected chi connectivity index (χ3v) is 3.89. The molecule has 0 fully saturated rings. The third-order valence-electron chi connectivity index (χ3n) is 3.41. The van der Waals surface area contributed by atoms with E-state index in [1.54, 1.807) is 0 Å². The quantitative estimate of drug-likeness (QED) is 0.781. The lowest BCUT2D eigenvalue weighted by atomic mass is 9.79. The van der Waals surface area contributed by atoms with Crippen molar-refractivity contribution in [3.8, 4) is 0 Å². The van der Waals surface area contributed by atoms with Crippen molar-refractivity contribution < 1.29 is 5.11 Å². The van der Waals surface area contributed by atoms with Gasteiger partial charge in [0.15, 0.2) is 0 Å². The van der Waals surface area contributed by atoms with Crippen LogP contribution in [-0.2, 0) is 17.3 Å². The fourth-order valence-corrected chi connectivity index (χ4v) is 3.07. The summed E-state index contributed by atoms with van der Waals surface area (Å²) in [5.41, 5.74) is 4.09. The number of aryl methyl sites for hydroxylation is 1. The topological polar surface area (TPSA) is 20.2 Å². The molecule has 2 heteroatoms. The molecule has 0 aromatic heterocycles. The van der Waals surface area contributed by atoms with E-state index >= 15 is 0 Å². The Hall–Kier alpha value is -0.470. The van der Waals surface area contributed by atoms with Gasteiger partial charge in [0.2, 0.25) is 0 Å². The van der Waals surface area contributed by atoms with Crippen LogP contribution in [0.5, 0.6) is 0 Å². The Balaban J connectivity index is 3.39. The maximum atomic E-state index is 9.03. The van der Waals surface area contributed by atoms with Crippen LogP contribution in [0.4, 0.5) is 0 Å². The summed E-state index contributed by atoms with van der Waals surface area (Å²) in [5, 5.41) is 9.03. The summed E-state index contributed by atoms with van der Waals surface area (Å²) < 4.78 is 0. The van der Waals surface area contributed by atoms with Gasteiger partial charge in [-0.15, -0.1) is 12.6 Å². The molecule has 1 rings (SSSR count). The molecule has 19 heavy (non-hydrogen) atoms. The van der Waals surface area contributed by atoms with E-state index in [1.807, 2.05) is 0 Å². The van der Waals surface area contributed by atoms with Gasteiger partial charge in [0.05, 0.1) is 0 Å². The van der Waals surface area contributed by atoms with Crippen molar-refractivity contribution in [1.82, 2.24) is 0 Å². The van der Waals surface area contributed by atoms with Crippen LogP contribution in [0.25, 0.3) is 0 Å². The first kappa shape index (κ1) is 16.6. The second kappa shape index (κ2) is 5.88. The first-order chi connectivity index (χ1) is 8.57. The molecule has 0 aliphatic heterocycles. The largest absolute Gasteiger partial charge is 0.396 e. The van der Waals surface area contributed by atoms with Crippen molar-refractivity contribution in [2.75, 3.05) is 6.61 Å². The standard InChI is InChI=1S/C17H28OS/c1-16(2,3)13-10-12(8-7-9-18)11-14(15(13)19)17(4,5)6/h10-11,18-19H,7-9H2,1-6H3. The molecule has 0 spiro atoms. The van der Waals surface area contributed by atoms with Gasteiger partial charge in [0.1, 0.15) is 0 Å². The van der Waals surface area contributed by atoms with E-state index < -0.39 is 0 Å². The predicted molar refractivity (Wildman–Crippen MR) is 86.5 cm³/mol. The molecule has 0 radical (unpaired) electrons. The summed E-state index contributed by atoms with van der Waals surface area (Å²) in [7, 11) is 0. The minimum Gasteiger partial charge on any atom is -0.396 e. The summed E-state index contributed by atoms with van der Waals surface area (Å²) in [4.78, 5) is 1.12. The summed E-state index contributed by atoms with van der Waals surface area (Å²) in [5.74, 6) is 0. The highest BCUT2D eigenvalue weighted by Gasteiger charge is 2.24. The van der Waals surface area contributed by atoms with E-state index in [-0.39, 0.29) is 17.4 Å². The SMILES string of the molecule is CC(C)(C)c1cc(CCCO)cc(C(C)(C)C)c1S. The summed E-state index contributed by atoms with van der Waals surface area (Å²) in [6.45, 7) is 13.6. The van der Waals surface area contributed by atoms with Crippen molar-refractivity contribution in [3.05, 3.63) is 28.8 Å². The monoisotopic (exact) mass is 280 g/mol. The molecule has 0 saturated heterocycles. The molecule has 0 atom stereocenters. The van der Waals surface area contributed by atoms with Gasteiger partial charge < -0.3 is 5.11 Å². The van der Waals surface area contributed by atoms with Gasteiger partial charge in [-0.3, -0.25) is 0 Å². The zero-order valence-electron chi connectivity index (χ0n) is 13.2. The number of benzene rings is 1. The van der Waals surface area contributed by atoms with Crippen LogP contribution in [0.2, 0.25) is 0 Å². The van der Waals surface area contributed by atoms with Crippen LogP contribution in [0.3, 0.4) is 0 Å². The lowest BCUT2D eigenvalue weighted by Crippen LogP contribution is -2.19. The zero-order chi connectivity index (χ0) is 14.8. The highest BCUT2D eigenvalue weighted by Crippen LogP contribution is 2.37. The van der Waals surface area contributed by atoms with Crippen molar-refractivity contribution in [3.63, 3.8) is 0 Å². The Labute approximate surface area is 123 Å². The zero-order valence-corrected chi connectivity index (χ0v) is 14.1. The van der Waals surface area contributed by atoms with Crippen molar-refractivity contribution >= 4 is 12.6 Å². The van der Waals surface area contributed by atoms with Gasteiger partial charge in [0.25, 0.3) is 0 Å². The van der Waals surface area contributed by atoms with Gasteiger partial charge in [-0.2, -0.15) is 0 Å². The molecule has 1 aromatic rings. The number of hydrogen-bond acceptors (Lipinski definition) is 2.